The first-order valence-electron chi connectivity index (χ1n) is 8.22. The average Bonchev–Trinajstić information content (AvgIpc) is 3.22. The fourth-order valence-corrected chi connectivity index (χ4v) is 2.91. The van der Waals surface area contributed by atoms with Crippen molar-refractivity contribution >= 4 is 5.91 Å². The van der Waals surface area contributed by atoms with Crippen LogP contribution in [0.1, 0.15) is 25.7 Å². The summed E-state index contributed by atoms with van der Waals surface area (Å²) in [5.74, 6) is 0.283. The van der Waals surface area contributed by atoms with E-state index in [0.29, 0.717) is 18.3 Å². The number of ether oxygens (including phenoxy) is 1. The van der Waals surface area contributed by atoms with Gasteiger partial charge in [-0.3, -0.25) is 9.69 Å². The minimum Gasteiger partial charge on any atom is -0.491 e. The second kappa shape index (κ2) is 7.27. The summed E-state index contributed by atoms with van der Waals surface area (Å²) in [5, 5.41) is 13.2. The van der Waals surface area contributed by atoms with Gasteiger partial charge >= 0.3 is 0 Å². The minimum absolute atomic E-state index is 0.0802. The van der Waals surface area contributed by atoms with E-state index >= 15 is 0 Å². The Morgan fingerprint density at radius 3 is 2.78 bits per heavy atom. The highest BCUT2D eigenvalue weighted by atomic mass is 19.1. The monoisotopic (exact) mass is 322 g/mol. The van der Waals surface area contributed by atoms with Crippen LogP contribution in [0.3, 0.4) is 0 Å². The van der Waals surface area contributed by atoms with Crippen LogP contribution in [0, 0.1) is 5.82 Å². The molecule has 0 spiro atoms. The fraction of sp³-hybridized carbons (Fsp3) is 0.588. The van der Waals surface area contributed by atoms with E-state index in [2.05, 4.69) is 5.32 Å². The first-order chi connectivity index (χ1) is 11.1. The van der Waals surface area contributed by atoms with Crippen LogP contribution in [0.25, 0.3) is 0 Å². The number of rotatable bonds is 7. The molecule has 2 atom stereocenters. The van der Waals surface area contributed by atoms with Crippen molar-refractivity contribution in [3.05, 3.63) is 30.1 Å². The van der Waals surface area contributed by atoms with Crippen molar-refractivity contribution in [2.45, 2.75) is 43.9 Å². The van der Waals surface area contributed by atoms with E-state index in [1.807, 2.05) is 4.90 Å². The van der Waals surface area contributed by atoms with Crippen LogP contribution in [0.5, 0.6) is 5.75 Å². The summed E-state index contributed by atoms with van der Waals surface area (Å²) in [6.07, 6.45) is 3.27. The molecule has 2 N–H and O–H groups in total. The van der Waals surface area contributed by atoms with Crippen LogP contribution in [-0.2, 0) is 4.79 Å². The van der Waals surface area contributed by atoms with Gasteiger partial charge in [-0.15, -0.1) is 0 Å². The molecule has 0 radical (unpaired) electrons. The topological polar surface area (TPSA) is 61.8 Å². The van der Waals surface area contributed by atoms with Crippen LogP contribution >= 0.6 is 0 Å². The van der Waals surface area contributed by atoms with Gasteiger partial charge in [0.05, 0.1) is 6.04 Å². The molecular weight excluding hydrogens is 299 g/mol. The third-order valence-electron chi connectivity index (χ3n) is 4.29. The number of nitrogens with zero attached hydrogens (tertiary/aromatic N) is 1. The van der Waals surface area contributed by atoms with Crippen LogP contribution in [0.15, 0.2) is 24.3 Å². The quantitative estimate of drug-likeness (QED) is 0.794. The third kappa shape index (κ3) is 4.65. The summed E-state index contributed by atoms with van der Waals surface area (Å²) >= 11 is 0. The van der Waals surface area contributed by atoms with Crippen molar-refractivity contribution in [1.82, 2.24) is 10.2 Å². The SMILES string of the molecule is O=C(NC1CC1)C1CCCN1CC(O)COc1ccc(F)cc1. The summed E-state index contributed by atoms with van der Waals surface area (Å²) in [5.41, 5.74) is 0. The van der Waals surface area contributed by atoms with Crippen LogP contribution in [0.2, 0.25) is 0 Å². The Labute approximate surface area is 135 Å². The lowest BCUT2D eigenvalue weighted by molar-refractivity contribution is -0.126. The fourth-order valence-electron chi connectivity index (χ4n) is 2.91. The Morgan fingerprint density at radius 2 is 2.09 bits per heavy atom. The molecule has 1 saturated carbocycles. The number of benzene rings is 1. The molecule has 0 bridgehead atoms. The van der Waals surface area contributed by atoms with E-state index in [1.165, 1.54) is 24.3 Å². The van der Waals surface area contributed by atoms with Crippen LogP contribution in [-0.4, -0.2) is 53.8 Å². The molecule has 126 valence electrons. The number of halogens is 1. The number of likely N-dealkylation sites (tertiary alicyclic amines) is 1. The number of amides is 1. The standard InChI is InChI=1S/C17H23FN2O3/c18-12-3-7-15(8-4-12)23-11-14(21)10-20-9-1-2-16(20)17(22)19-13-5-6-13/h3-4,7-8,13-14,16,21H,1-2,5-6,9-11H2,(H,19,22). The van der Waals surface area contributed by atoms with E-state index in [-0.39, 0.29) is 24.4 Å². The Balaban J connectivity index is 1.45. The first kappa shape index (κ1) is 16.2. The summed E-state index contributed by atoms with van der Waals surface area (Å²) in [7, 11) is 0. The molecule has 1 aliphatic heterocycles. The average molecular weight is 322 g/mol. The predicted molar refractivity (Wildman–Crippen MR) is 83.7 cm³/mol. The van der Waals surface area contributed by atoms with E-state index in [9.17, 15) is 14.3 Å². The van der Waals surface area contributed by atoms with Crippen LogP contribution in [0.4, 0.5) is 4.39 Å². The number of hydrogen-bond acceptors (Lipinski definition) is 4. The Morgan fingerprint density at radius 1 is 1.35 bits per heavy atom. The van der Waals surface area contributed by atoms with Crippen molar-refractivity contribution in [3.8, 4) is 5.75 Å². The van der Waals surface area contributed by atoms with E-state index in [4.69, 9.17) is 4.74 Å². The van der Waals surface area contributed by atoms with Gasteiger partial charge in [0.2, 0.25) is 5.91 Å². The zero-order valence-corrected chi connectivity index (χ0v) is 13.1. The molecule has 1 aliphatic carbocycles. The second-order valence-electron chi connectivity index (χ2n) is 6.35. The summed E-state index contributed by atoms with van der Waals surface area (Å²) in [6.45, 7) is 1.35. The molecule has 1 aromatic rings. The van der Waals surface area contributed by atoms with Gasteiger partial charge in [-0.05, 0) is 56.5 Å². The zero-order valence-electron chi connectivity index (χ0n) is 13.1. The summed E-state index contributed by atoms with van der Waals surface area (Å²) in [6, 6.07) is 5.92. The van der Waals surface area contributed by atoms with Gasteiger partial charge in [-0.1, -0.05) is 0 Å². The van der Waals surface area contributed by atoms with E-state index in [1.54, 1.807) is 0 Å². The van der Waals surface area contributed by atoms with Crippen molar-refractivity contribution in [1.29, 1.82) is 0 Å². The maximum Gasteiger partial charge on any atom is 0.237 e. The summed E-state index contributed by atoms with van der Waals surface area (Å²) in [4.78, 5) is 14.2. The third-order valence-corrected chi connectivity index (χ3v) is 4.29. The van der Waals surface area contributed by atoms with Crippen molar-refractivity contribution in [2.24, 2.45) is 0 Å². The second-order valence-corrected chi connectivity index (χ2v) is 6.35. The molecule has 23 heavy (non-hydrogen) atoms. The Hall–Kier alpha value is -1.66. The highest BCUT2D eigenvalue weighted by Crippen LogP contribution is 2.22. The molecule has 2 aliphatic rings. The lowest BCUT2D eigenvalue weighted by Crippen LogP contribution is -2.47. The zero-order chi connectivity index (χ0) is 16.2. The van der Waals surface area contributed by atoms with E-state index < -0.39 is 6.10 Å². The lowest BCUT2D eigenvalue weighted by atomic mass is 10.2. The predicted octanol–water partition coefficient (Wildman–Crippen LogP) is 1.31. The Kier molecular flexibility index (Phi) is 5.13. The van der Waals surface area contributed by atoms with Gasteiger partial charge in [0.25, 0.3) is 0 Å². The number of hydrogen-bond donors (Lipinski definition) is 2. The van der Waals surface area contributed by atoms with Crippen molar-refractivity contribution in [3.63, 3.8) is 0 Å². The van der Waals surface area contributed by atoms with Gasteiger partial charge in [0.15, 0.2) is 0 Å². The molecule has 2 fully saturated rings. The molecule has 1 saturated heterocycles. The molecular formula is C17H23FN2O3. The maximum atomic E-state index is 12.8. The summed E-state index contributed by atoms with van der Waals surface area (Å²) < 4.78 is 18.3. The van der Waals surface area contributed by atoms with Gasteiger partial charge in [-0.25, -0.2) is 4.39 Å². The number of β-amino-alcohol motifs (C(OH)–C–C–N with tert-alkyl or cyclic N) is 1. The number of nitrogens with one attached hydrogen (secondary N) is 1. The van der Waals surface area contributed by atoms with Gasteiger partial charge < -0.3 is 15.2 Å². The number of carbonyl (C=O) groups is 1. The molecule has 2 unspecified atom stereocenters. The normalized spacial score (nSPS) is 22.8. The van der Waals surface area contributed by atoms with Gasteiger partial charge in [-0.2, -0.15) is 0 Å². The number of aliphatic hydroxyl groups is 1. The van der Waals surface area contributed by atoms with Crippen molar-refractivity contribution in [2.75, 3.05) is 19.7 Å². The van der Waals surface area contributed by atoms with E-state index in [0.717, 1.165) is 32.2 Å². The highest BCUT2D eigenvalue weighted by molar-refractivity contribution is 5.82. The number of aliphatic hydroxyl groups excluding tert-OH is 1. The van der Waals surface area contributed by atoms with Gasteiger partial charge in [0, 0.05) is 12.6 Å². The highest BCUT2D eigenvalue weighted by Gasteiger charge is 2.34. The first-order valence-corrected chi connectivity index (χ1v) is 8.22. The van der Waals surface area contributed by atoms with Gasteiger partial charge in [0.1, 0.15) is 24.3 Å². The molecule has 0 aromatic heterocycles. The Bertz CT molecular complexity index is 533. The lowest BCUT2D eigenvalue weighted by Gasteiger charge is -2.26. The van der Waals surface area contributed by atoms with Crippen molar-refractivity contribution < 1.29 is 19.0 Å². The molecule has 1 aromatic carbocycles. The molecule has 1 amide bonds. The number of carbonyl (C=O) groups excluding carboxylic acids is 1. The molecule has 5 nitrogen and oxygen atoms in total. The van der Waals surface area contributed by atoms with Crippen LogP contribution < -0.4 is 10.1 Å². The smallest absolute Gasteiger partial charge is 0.237 e. The molecule has 6 heteroatoms. The largest absolute Gasteiger partial charge is 0.491 e. The molecule has 3 rings (SSSR count). The molecule has 1 heterocycles. The maximum absolute atomic E-state index is 12.8. The minimum atomic E-state index is -0.686.